The minimum atomic E-state index is -0.521. The Morgan fingerprint density at radius 3 is 2.31 bits per heavy atom. The number of hydrogen-bond acceptors (Lipinski definition) is 7. The van der Waals surface area contributed by atoms with Gasteiger partial charge in [-0.1, -0.05) is 0 Å². The maximum Gasteiger partial charge on any atom is 0.254 e. The predicted molar refractivity (Wildman–Crippen MR) is 101 cm³/mol. The zero-order valence-corrected chi connectivity index (χ0v) is 15.4. The van der Waals surface area contributed by atoms with Crippen LogP contribution in [0, 0.1) is 0 Å². The van der Waals surface area contributed by atoms with Crippen molar-refractivity contribution >= 4 is 17.7 Å². The van der Waals surface area contributed by atoms with Crippen molar-refractivity contribution in [2.24, 2.45) is 11.5 Å². The topological polar surface area (TPSA) is 128 Å². The number of rotatable bonds is 6. The zero-order chi connectivity index (χ0) is 18.5. The number of carbonyl (C=O) groups is 1. The third kappa shape index (κ3) is 4.82. The van der Waals surface area contributed by atoms with Crippen molar-refractivity contribution in [1.29, 1.82) is 0 Å². The lowest BCUT2D eigenvalue weighted by Crippen LogP contribution is -2.34. The third-order valence-corrected chi connectivity index (χ3v) is 5.51. The van der Waals surface area contributed by atoms with Gasteiger partial charge in [0.1, 0.15) is 5.82 Å². The molecule has 0 radical (unpaired) electrons. The van der Waals surface area contributed by atoms with Gasteiger partial charge in [-0.05, 0) is 51.4 Å². The number of nitrogens with zero attached hydrogens (tertiary/aromatic N) is 2. The van der Waals surface area contributed by atoms with Crippen LogP contribution in [0.3, 0.4) is 0 Å². The molecule has 26 heavy (non-hydrogen) atoms. The van der Waals surface area contributed by atoms with Crippen molar-refractivity contribution < 1.29 is 9.53 Å². The Labute approximate surface area is 154 Å². The smallest absolute Gasteiger partial charge is 0.254 e. The van der Waals surface area contributed by atoms with Gasteiger partial charge >= 0.3 is 0 Å². The molecule has 2 fully saturated rings. The van der Waals surface area contributed by atoms with Crippen molar-refractivity contribution in [3.63, 3.8) is 0 Å². The number of nitrogens with one attached hydrogen (secondary N) is 2. The van der Waals surface area contributed by atoms with Gasteiger partial charge < -0.3 is 26.8 Å². The minimum Gasteiger partial charge on any atom is -0.381 e. The van der Waals surface area contributed by atoms with Gasteiger partial charge in [-0.2, -0.15) is 4.98 Å². The highest BCUT2D eigenvalue weighted by atomic mass is 16.5. The zero-order valence-electron chi connectivity index (χ0n) is 15.4. The molecule has 6 N–H and O–H groups in total. The molecule has 2 saturated carbocycles. The van der Waals surface area contributed by atoms with Gasteiger partial charge in [0.25, 0.3) is 5.91 Å². The Morgan fingerprint density at radius 1 is 1.08 bits per heavy atom. The highest BCUT2D eigenvalue weighted by Gasteiger charge is 2.23. The number of amides is 1. The van der Waals surface area contributed by atoms with Crippen LogP contribution < -0.4 is 22.1 Å². The van der Waals surface area contributed by atoms with E-state index >= 15 is 0 Å². The molecular weight excluding hydrogens is 332 g/mol. The van der Waals surface area contributed by atoms with Crippen molar-refractivity contribution in [1.82, 2.24) is 9.97 Å². The van der Waals surface area contributed by atoms with Crippen LogP contribution in [0.25, 0.3) is 0 Å². The van der Waals surface area contributed by atoms with Crippen molar-refractivity contribution in [2.75, 3.05) is 17.7 Å². The average molecular weight is 362 g/mol. The Hall–Kier alpha value is -1.93. The van der Waals surface area contributed by atoms with Gasteiger partial charge in [-0.15, -0.1) is 0 Å². The number of hydrogen-bond donors (Lipinski definition) is 4. The van der Waals surface area contributed by atoms with Crippen LogP contribution in [-0.2, 0) is 4.74 Å². The first-order valence-corrected chi connectivity index (χ1v) is 9.53. The molecule has 1 amide bonds. The van der Waals surface area contributed by atoms with Crippen LogP contribution >= 0.6 is 0 Å². The quantitative estimate of drug-likeness (QED) is 0.605. The molecule has 8 heteroatoms. The van der Waals surface area contributed by atoms with E-state index < -0.39 is 5.91 Å². The van der Waals surface area contributed by atoms with Gasteiger partial charge in [0.15, 0.2) is 0 Å². The van der Waals surface area contributed by atoms with Gasteiger partial charge in [-0.25, -0.2) is 4.98 Å². The largest absolute Gasteiger partial charge is 0.381 e. The van der Waals surface area contributed by atoms with Crippen molar-refractivity contribution in [3.8, 4) is 0 Å². The minimum absolute atomic E-state index is 0.257. The number of nitrogens with two attached hydrogens (primary N) is 2. The van der Waals surface area contributed by atoms with E-state index in [0.29, 0.717) is 29.5 Å². The third-order valence-electron chi connectivity index (χ3n) is 5.51. The van der Waals surface area contributed by atoms with E-state index in [1.807, 2.05) is 0 Å². The highest BCUT2D eigenvalue weighted by molar-refractivity contribution is 5.97. The Balaban J connectivity index is 1.67. The standard InChI is InChI=1S/C18H30N6O2/c1-26-14-8-6-13(7-9-14)23-18-21-10-15(16(20)25)17(24-18)22-12-4-2-11(19)3-5-12/h10-14H,2-9,19H2,1H3,(H2,20,25)(H2,21,22,23,24). The molecule has 0 spiro atoms. The molecule has 144 valence electrons. The van der Waals surface area contributed by atoms with Crippen LogP contribution in [-0.4, -0.2) is 47.2 Å². The monoisotopic (exact) mass is 362 g/mol. The number of methoxy groups -OCH3 is 1. The lowest BCUT2D eigenvalue weighted by Gasteiger charge is -2.29. The first kappa shape index (κ1) is 18.8. The lowest BCUT2D eigenvalue weighted by molar-refractivity contribution is 0.0681. The summed E-state index contributed by atoms with van der Waals surface area (Å²) in [4.78, 5) is 20.6. The maximum absolute atomic E-state index is 11.7. The molecule has 0 saturated heterocycles. The molecule has 2 aliphatic rings. The molecule has 3 rings (SSSR count). The summed E-state index contributed by atoms with van der Waals surface area (Å²) in [5.74, 6) is 0.527. The summed E-state index contributed by atoms with van der Waals surface area (Å²) in [5.41, 5.74) is 11.8. The SMILES string of the molecule is COC1CCC(Nc2ncc(C(N)=O)c(NC3CCC(N)CC3)n2)CC1. The van der Waals surface area contributed by atoms with Crippen LogP contribution in [0.15, 0.2) is 6.20 Å². The summed E-state index contributed by atoms with van der Waals surface area (Å²) < 4.78 is 5.41. The van der Waals surface area contributed by atoms with E-state index in [9.17, 15) is 4.79 Å². The molecular formula is C18H30N6O2. The summed E-state index contributed by atoms with van der Waals surface area (Å²) in [6.45, 7) is 0. The molecule has 2 aliphatic carbocycles. The van der Waals surface area contributed by atoms with Crippen molar-refractivity contribution in [2.45, 2.75) is 75.6 Å². The summed E-state index contributed by atoms with van der Waals surface area (Å²) in [7, 11) is 1.76. The number of carbonyl (C=O) groups excluding carboxylic acids is 1. The van der Waals surface area contributed by atoms with Gasteiger partial charge in [0.2, 0.25) is 5.95 Å². The van der Waals surface area contributed by atoms with Crippen LogP contribution in [0.2, 0.25) is 0 Å². The molecule has 0 bridgehead atoms. The number of ether oxygens (including phenoxy) is 1. The number of anilines is 2. The van der Waals surface area contributed by atoms with E-state index in [4.69, 9.17) is 16.2 Å². The summed E-state index contributed by atoms with van der Waals surface area (Å²) in [6.07, 6.45) is 9.83. The van der Waals surface area contributed by atoms with Crippen molar-refractivity contribution in [3.05, 3.63) is 11.8 Å². The number of aromatic nitrogens is 2. The van der Waals surface area contributed by atoms with Crippen LogP contribution in [0.5, 0.6) is 0 Å². The normalized spacial score (nSPS) is 29.2. The lowest BCUT2D eigenvalue weighted by atomic mass is 9.92. The molecule has 0 aromatic carbocycles. The molecule has 8 nitrogen and oxygen atoms in total. The maximum atomic E-state index is 11.7. The predicted octanol–water partition coefficient (Wildman–Crippen LogP) is 1.63. The second kappa shape index (κ2) is 8.64. The second-order valence-corrected chi connectivity index (χ2v) is 7.43. The van der Waals surface area contributed by atoms with E-state index in [1.54, 1.807) is 7.11 Å². The van der Waals surface area contributed by atoms with E-state index in [1.165, 1.54) is 6.20 Å². The molecule has 1 aromatic rings. The van der Waals surface area contributed by atoms with E-state index in [-0.39, 0.29) is 12.1 Å². The van der Waals surface area contributed by atoms with E-state index in [2.05, 4.69) is 20.6 Å². The van der Waals surface area contributed by atoms with Gasteiger partial charge in [0, 0.05) is 31.4 Å². The fraction of sp³-hybridized carbons (Fsp3) is 0.722. The molecule has 1 aromatic heterocycles. The van der Waals surface area contributed by atoms with Gasteiger partial charge in [0.05, 0.1) is 11.7 Å². The summed E-state index contributed by atoms with van der Waals surface area (Å²) in [5, 5.41) is 6.76. The van der Waals surface area contributed by atoms with Crippen LogP contribution in [0.1, 0.15) is 61.7 Å². The Morgan fingerprint density at radius 2 is 1.69 bits per heavy atom. The first-order chi connectivity index (χ1) is 12.5. The number of primary amides is 1. The van der Waals surface area contributed by atoms with Gasteiger partial charge in [-0.3, -0.25) is 4.79 Å². The highest BCUT2D eigenvalue weighted by Crippen LogP contribution is 2.25. The first-order valence-electron chi connectivity index (χ1n) is 9.53. The fourth-order valence-corrected chi connectivity index (χ4v) is 3.82. The van der Waals surface area contributed by atoms with E-state index in [0.717, 1.165) is 51.4 Å². The second-order valence-electron chi connectivity index (χ2n) is 7.43. The molecule has 0 aliphatic heterocycles. The average Bonchev–Trinajstić information content (AvgIpc) is 2.64. The Kier molecular flexibility index (Phi) is 6.26. The fourth-order valence-electron chi connectivity index (χ4n) is 3.82. The summed E-state index contributed by atoms with van der Waals surface area (Å²) >= 11 is 0. The molecule has 0 unspecified atom stereocenters. The Bertz CT molecular complexity index is 610. The molecule has 1 heterocycles. The molecule has 0 atom stereocenters. The van der Waals surface area contributed by atoms with Crippen LogP contribution in [0.4, 0.5) is 11.8 Å². The summed E-state index contributed by atoms with van der Waals surface area (Å²) in [6, 6.07) is 0.850.